The summed E-state index contributed by atoms with van der Waals surface area (Å²) in [5, 5.41) is 6.78. The third kappa shape index (κ3) is 8.43. The van der Waals surface area contributed by atoms with Gasteiger partial charge in [0.25, 0.3) is 0 Å². The van der Waals surface area contributed by atoms with Gasteiger partial charge in [-0.15, -0.1) is 24.0 Å². The third-order valence-corrected chi connectivity index (χ3v) is 5.27. The topological polar surface area (TPSA) is 64.1 Å². The monoisotopic (exact) mass is 529 g/mol. The summed E-state index contributed by atoms with van der Waals surface area (Å²) in [5.74, 6) is 2.27. The number of guanidine groups is 1. The van der Waals surface area contributed by atoms with Gasteiger partial charge >= 0.3 is 0 Å². The third-order valence-electron chi connectivity index (χ3n) is 5.27. The van der Waals surface area contributed by atoms with Gasteiger partial charge in [0.1, 0.15) is 5.75 Å². The van der Waals surface area contributed by atoms with Crippen LogP contribution in [-0.2, 0) is 16.0 Å². The number of aliphatic imine (C=N–C) groups is 1. The standard InChI is InChI=1S/C23H35N3O3.HI/c1-3-24-23(25-10-6-19-7-11-27-12-8-19)26-15-21-5-4-18(2)14-22(21)29-17-20-9-13-28-16-20;/h4-5,7,14,20H,3,6,8-13,15-17H2,1-2H3,(H2,24,25,26);1H. The van der Waals surface area contributed by atoms with Crippen LogP contribution in [0, 0.1) is 12.8 Å². The number of ether oxygens (including phenoxy) is 3. The maximum atomic E-state index is 6.15. The van der Waals surface area contributed by atoms with Gasteiger partial charge in [0.15, 0.2) is 5.96 Å². The van der Waals surface area contributed by atoms with Gasteiger partial charge in [-0.25, -0.2) is 4.99 Å². The molecule has 1 fully saturated rings. The van der Waals surface area contributed by atoms with Crippen molar-refractivity contribution in [1.29, 1.82) is 0 Å². The first-order valence-electron chi connectivity index (χ1n) is 10.8. The Kier molecular flexibility index (Phi) is 11.5. The van der Waals surface area contributed by atoms with Crippen molar-refractivity contribution in [3.05, 3.63) is 41.0 Å². The van der Waals surface area contributed by atoms with Gasteiger partial charge in [0, 0.05) is 31.2 Å². The molecule has 0 aliphatic carbocycles. The molecule has 1 aromatic rings. The van der Waals surface area contributed by atoms with E-state index in [4.69, 9.17) is 19.2 Å². The van der Waals surface area contributed by atoms with Gasteiger partial charge < -0.3 is 24.8 Å². The summed E-state index contributed by atoms with van der Waals surface area (Å²) < 4.78 is 17.0. The van der Waals surface area contributed by atoms with E-state index in [1.807, 2.05) is 0 Å². The molecule has 0 aromatic heterocycles. The van der Waals surface area contributed by atoms with Crippen molar-refractivity contribution in [3.8, 4) is 5.75 Å². The molecule has 1 aromatic carbocycles. The van der Waals surface area contributed by atoms with Crippen molar-refractivity contribution < 1.29 is 14.2 Å². The van der Waals surface area contributed by atoms with Crippen molar-refractivity contribution in [2.75, 3.05) is 46.1 Å². The number of hydrogen-bond donors (Lipinski definition) is 2. The van der Waals surface area contributed by atoms with E-state index in [1.54, 1.807) is 0 Å². The van der Waals surface area contributed by atoms with E-state index < -0.39 is 0 Å². The maximum Gasteiger partial charge on any atom is 0.191 e. The van der Waals surface area contributed by atoms with Crippen molar-refractivity contribution in [2.45, 2.75) is 39.7 Å². The molecule has 30 heavy (non-hydrogen) atoms. The quantitative estimate of drug-likeness (QED) is 0.221. The first kappa shape index (κ1) is 24.9. The molecule has 1 atom stereocenters. The first-order valence-corrected chi connectivity index (χ1v) is 10.8. The minimum Gasteiger partial charge on any atom is -0.493 e. The van der Waals surface area contributed by atoms with Gasteiger partial charge in [-0.05, 0) is 44.7 Å². The highest BCUT2D eigenvalue weighted by molar-refractivity contribution is 14.0. The zero-order valence-corrected chi connectivity index (χ0v) is 20.6. The van der Waals surface area contributed by atoms with Crippen LogP contribution < -0.4 is 15.4 Å². The molecule has 1 unspecified atom stereocenters. The van der Waals surface area contributed by atoms with Crippen LogP contribution in [0.1, 0.15) is 37.3 Å². The van der Waals surface area contributed by atoms with Crippen LogP contribution in [0.2, 0.25) is 0 Å². The van der Waals surface area contributed by atoms with Crippen LogP contribution in [0.25, 0.3) is 0 Å². The van der Waals surface area contributed by atoms with E-state index >= 15 is 0 Å². The Morgan fingerprint density at radius 3 is 2.87 bits per heavy atom. The second kappa shape index (κ2) is 13.9. The lowest BCUT2D eigenvalue weighted by Gasteiger charge is -2.16. The first-order chi connectivity index (χ1) is 14.2. The normalized spacial score (nSPS) is 19.1. The largest absolute Gasteiger partial charge is 0.493 e. The second-order valence-corrected chi connectivity index (χ2v) is 7.71. The SMILES string of the molecule is CCNC(=NCc1ccc(C)cc1OCC1CCOC1)NCCC1=CCOCC1.I. The van der Waals surface area contributed by atoms with Crippen LogP contribution in [0.15, 0.2) is 34.8 Å². The number of aryl methyl sites for hydroxylation is 1. The number of nitrogens with one attached hydrogen (secondary N) is 2. The van der Waals surface area contributed by atoms with Gasteiger partial charge in [0.2, 0.25) is 0 Å². The molecular weight excluding hydrogens is 493 g/mol. The fourth-order valence-corrected chi connectivity index (χ4v) is 3.49. The van der Waals surface area contributed by atoms with Gasteiger partial charge in [-0.1, -0.05) is 23.8 Å². The molecule has 0 radical (unpaired) electrons. The smallest absolute Gasteiger partial charge is 0.191 e. The number of nitrogens with zero attached hydrogens (tertiary/aromatic N) is 1. The molecule has 6 nitrogen and oxygen atoms in total. The Labute approximate surface area is 197 Å². The number of hydrogen-bond acceptors (Lipinski definition) is 4. The molecule has 2 N–H and O–H groups in total. The lowest BCUT2D eigenvalue weighted by atomic mass is 10.1. The van der Waals surface area contributed by atoms with Crippen LogP contribution in [0.5, 0.6) is 5.75 Å². The predicted octanol–water partition coefficient (Wildman–Crippen LogP) is 3.82. The van der Waals surface area contributed by atoms with E-state index in [1.165, 1.54) is 11.1 Å². The van der Waals surface area contributed by atoms with Gasteiger partial charge in [-0.2, -0.15) is 0 Å². The second-order valence-electron chi connectivity index (χ2n) is 7.71. The molecule has 2 aliphatic heterocycles. The van der Waals surface area contributed by atoms with Gasteiger partial charge in [-0.3, -0.25) is 0 Å². The van der Waals surface area contributed by atoms with E-state index in [2.05, 4.69) is 48.8 Å². The minimum atomic E-state index is 0. The Morgan fingerprint density at radius 2 is 2.13 bits per heavy atom. The van der Waals surface area contributed by atoms with Crippen LogP contribution >= 0.6 is 24.0 Å². The highest BCUT2D eigenvalue weighted by Gasteiger charge is 2.17. The van der Waals surface area contributed by atoms with Gasteiger partial charge in [0.05, 0.1) is 33.0 Å². The highest BCUT2D eigenvalue weighted by atomic mass is 127. The number of benzene rings is 1. The van der Waals surface area contributed by atoms with E-state index in [-0.39, 0.29) is 24.0 Å². The molecule has 0 saturated carbocycles. The zero-order valence-electron chi connectivity index (χ0n) is 18.2. The summed E-state index contributed by atoms with van der Waals surface area (Å²) in [4.78, 5) is 4.78. The van der Waals surface area contributed by atoms with Crippen molar-refractivity contribution >= 4 is 29.9 Å². The zero-order chi connectivity index (χ0) is 20.3. The van der Waals surface area contributed by atoms with Crippen molar-refractivity contribution in [3.63, 3.8) is 0 Å². The molecule has 2 aliphatic rings. The summed E-state index contributed by atoms with van der Waals surface area (Å²) in [5.41, 5.74) is 3.77. The molecule has 0 bridgehead atoms. The van der Waals surface area contributed by atoms with Crippen molar-refractivity contribution in [2.24, 2.45) is 10.9 Å². The molecule has 2 heterocycles. The molecule has 168 valence electrons. The average Bonchev–Trinajstić information content (AvgIpc) is 3.26. The molecule has 0 amide bonds. The molecule has 7 heteroatoms. The summed E-state index contributed by atoms with van der Waals surface area (Å²) in [6.45, 7) is 10.4. The molecule has 1 saturated heterocycles. The molecule has 0 spiro atoms. The summed E-state index contributed by atoms with van der Waals surface area (Å²) >= 11 is 0. The minimum absolute atomic E-state index is 0. The van der Waals surface area contributed by atoms with E-state index in [0.29, 0.717) is 19.1 Å². The van der Waals surface area contributed by atoms with E-state index in [9.17, 15) is 0 Å². The Hall–Kier alpha value is -1.32. The highest BCUT2D eigenvalue weighted by Crippen LogP contribution is 2.23. The summed E-state index contributed by atoms with van der Waals surface area (Å²) in [6, 6.07) is 6.35. The number of halogens is 1. The van der Waals surface area contributed by atoms with Crippen molar-refractivity contribution in [1.82, 2.24) is 10.6 Å². The lowest BCUT2D eigenvalue weighted by Crippen LogP contribution is -2.38. The predicted molar refractivity (Wildman–Crippen MR) is 132 cm³/mol. The Morgan fingerprint density at radius 1 is 1.23 bits per heavy atom. The fourth-order valence-electron chi connectivity index (χ4n) is 3.49. The van der Waals surface area contributed by atoms with Crippen LogP contribution in [-0.4, -0.2) is 52.1 Å². The Balaban J connectivity index is 0.00000320. The molecule has 3 rings (SSSR count). The molecular formula is C23H36IN3O3. The Bertz CT molecular complexity index is 703. The van der Waals surface area contributed by atoms with Crippen LogP contribution in [0.4, 0.5) is 0 Å². The average molecular weight is 529 g/mol. The van der Waals surface area contributed by atoms with Crippen LogP contribution in [0.3, 0.4) is 0 Å². The number of rotatable bonds is 9. The van der Waals surface area contributed by atoms with E-state index in [0.717, 1.165) is 76.1 Å². The summed E-state index contributed by atoms with van der Waals surface area (Å²) in [6.07, 6.45) is 5.33. The summed E-state index contributed by atoms with van der Waals surface area (Å²) in [7, 11) is 0. The fraction of sp³-hybridized carbons (Fsp3) is 0.609. The lowest BCUT2D eigenvalue weighted by molar-refractivity contribution is 0.153. The maximum absolute atomic E-state index is 6.15.